The molecule has 0 aliphatic carbocycles. The Balaban J connectivity index is 1.48. The maximum absolute atomic E-state index is 12.5. The third-order valence-electron chi connectivity index (χ3n) is 4.72. The maximum Gasteiger partial charge on any atom is 0.405 e. The van der Waals surface area contributed by atoms with Gasteiger partial charge in [0.05, 0.1) is 5.69 Å². The summed E-state index contributed by atoms with van der Waals surface area (Å²) in [5, 5.41) is 6.76. The summed E-state index contributed by atoms with van der Waals surface area (Å²) >= 11 is 1.26. The van der Waals surface area contributed by atoms with Gasteiger partial charge >= 0.3 is 6.18 Å². The fraction of sp³-hybridized carbons (Fsp3) is 0.182. The number of rotatable bonds is 6. The Labute approximate surface area is 190 Å². The summed E-state index contributed by atoms with van der Waals surface area (Å²) in [5.41, 5.74) is 2.06. The van der Waals surface area contributed by atoms with E-state index in [2.05, 4.69) is 10.1 Å². The third-order valence-corrected chi connectivity index (χ3v) is 5.74. The number of amides is 1. The van der Waals surface area contributed by atoms with Gasteiger partial charge in [-0.25, -0.2) is 4.98 Å². The number of carbonyl (C=O) groups excluding carboxylic acids is 1. The summed E-state index contributed by atoms with van der Waals surface area (Å²) in [7, 11) is 1.80. The summed E-state index contributed by atoms with van der Waals surface area (Å²) in [6, 6.07) is 17.1. The molecule has 0 aliphatic rings. The van der Waals surface area contributed by atoms with Crippen LogP contribution in [0.15, 0.2) is 65.5 Å². The Morgan fingerprint density at radius 2 is 1.82 bits per heavy atom. The van der Waals surface area contributed by atoms with Gasteiger partial charge in [0.25, 0.3) is 11.5 Å². The number of anilines is 1. The number of hydrogen-bond donors (Lipinski definition) is 1. The highest BCUT2D eigenvalue weighted by Gasteiger charge is 2.27. The Hall–Kier alpha value is -3.73. The average Bonchev–Trinajstić information content (AvgIpc) is 3.23. The molecule has 0 saturated heterocycles. The van der Waals surface area contributed by atoms with E-state index in [9.17, 15) is 22.8 Å². The van der Waals surface area contributed by atoms with Crippen molar-refractivity contribution in [3.8, 4) is 11.3 Å². The van der Waals surface area contributed by atoms with Crippen molar-refractivity contribution in [1.82, 2.24) is 19.9 Å². The highest BCUT2D eigenvalue weighted by molar-refractivity contribution is 7.20. The molecule has 2 heterocycles. The van der Waals surface area contributed by atoms with Crippen molar-refractivity contribution >= 4 is 27.3 Å². The summed E-state index contributed by atoms with van der Waals surface area (Å²) in [5.74, 6) is -0.793. The van der Waals surface area contributed by atoms with Crippen molar-refractivity contribution in [2.45, 2.75) is 12.7 Å². The lowest BCUT2D eigenvalue weighted by atomic mass is 10.1. The number of nitrogens with zero attached hydrogens (tertiary/aromatic N) is 4. The van der Waals surface area contributed by atoms with Gasteiger partial charge in [-0.15, -0.1) is 5.10 Å². The van der Waals surface area contributed by atoms with E-state index in [1.165, 1.54) is 34.1 Å². The number of fused-ring (bicyclic) bond motifs is 1. The summed E-state index contributed by atoms with van der Waals surface area (Å²) < 4.78 is 38.0. The molecule has 0 unspecified atom stereocenters. The second kappa shape index (κ2) is 9.02. The molecule has 2 aromatic heterocycles. The van der Waals surface area contributed by atoms with Gasteiger partial charge in [0.2, 0.25) is 10.1 Å². The van der Waals surface area contributed by atoms with Gasteiger partial charge in [0.1, 0.15) is 6.54 Å². The second-order valence-corrected chi connectivity index (χ2v) is 8.21. The lowest BCUT2D eigenvalue weighted by Crippen LogP contribution is -2.33. The standard InChI is InChI=1S/C22H18F3N5O2S/c1-29(12-14-7-9-16(10-8-14)19(32)26-13-22(23,24)25)21-28-30-18(31)11-17(27-20(30)33-21)15-5-3-2-4-6-15/h2-11H,12-13H2,1H3,(H,26,32). The minimum absolute atomic E-state index is 0.134. The van der Waals surface area contributed by atoms with Crippen molar-refractivity contribution < 1.29 is 18.0 Å². The number of hydrogen-bond acceptors (Lipinski definition) is 6. The normalized spacial score (nSPS) is 11.5. The molecule has 4 rings (SSSR count). The van der Waals surface area contributed by atoms with Gasteiger partial charge in [-0.05, 0) is 17.7 Å². The van der Waals surface area contributed by atoms with E-state index in [-0.39, 0.29) is 11.1 Å². The molecule has 170 valence electrons. The molecule has 1 N–H and O–H groups in total. The first kappa shape index (κ1) is 22.5. The van der Waals surface area contributed by atoms with Crippen LogP contribution in [-0.4, -0.2) is 40.3 Å². The first-order valence-electron chi connectivity index (χ1n) is 9.81. The lowest BCUT2D eigenvalue weighted by molar-refractivity contribution is -0.123. The van der Waals surface area contributed by atoms with Crippen LogP contribution in [0.25, 0.3) is 16.2 Å². The molecule has 0 aliphatic heterocycles. The topological polar surface area (TPSA) is 79.6 Å². The SMILES string of the molecule is CN(Cc1ccc(C(=O)NCC(F)(F)F)cc1)c1nn2c(=O)cc(-c3ccccc3)nc2s1. The number of nitrogens with one attached hydrogen (secondary N) is 1. The summed E-state index contributed by atoms with van der Waals surface area (Å²) in [4.78, 5) is 31.2. The highest BCUT2D eigenvalue weighted by atomic mass is 32.1. The summed E-state index contributed by atoms with van der Waals surface area (Å²) in [6.45, 7) is -0.974. The minimum atomic E-state index is -4.46. The maximum atomic E-state index is 12.5. The molecule has 0 radical (unpaired) electrons. The zero-order valence-corrected chi connectivity index (χ0v) is 18.2. The van der Waals surface area contributed by atoms with Crippen LogP contribution < -0.4 is 15.8 Å². The van der Waals surface area contributed by atoms with Gasteiger partial charge in [0.15, 0.2) is 0 Å². The van der Waals surface area contributed by atoms with Crippen LogP contribution in [0.5, 0.6) is 0 Å². The first-order valence-corrected chi connectivity index (χ1v) is 10.6. The molecular weight excluding hydrogens is 455 g/mol. The highest BCUT2D eigenvalue weighted by Crippen LogP contribution is 2.24. The molecule has 0 saturated carbocycles. The van der Waals surface area contributed by atoms with Crippen molar-refractivity contribution in [2.75, 3.05) is 18.5 Å². The predicted octanol–water partition coefficient (Wildman–Crippen LogP) is 3.75. The molecule has 33 heavy (non-hydrogen) atoms. The number of aromatic nitrogens is 3. The van der Waals surface area contributed by atoms with Gasteiger partial charge in [-0.1, -0.05) is 53.8 Å². The molecule has 7 nitrogen and oxygen atoms in total. The van der Waals surface area contributed by atoms with E-state index >= 15 is 0 Å². The van der Waals surface area contributed by atoms with Crippen LogP contribution in [0.2, 0.25) is 0 Å². The van der Waals surface area contributed by atoms with Crippen molar-refractivity contribution in [3.05, 3.63) is 82.1 Å². The zero-order valence-electron chi connectivity index (χ0n) is 17.3. The molecule has 2 aromatic carbocycles. The van der Waals surface area contributed by atoms with E-state index in [4.69, 9.17) is 0 Å². The van der Waals surface area contributed by atoms with E-state index in [1.54, 1.807) is 19.2 Å². The van der Waals surface area contributed by atoms with Crippen molar-refractivity contribution in [3.63, 3.8) is 0 Å². The number of halogens is 3. The van der Waals surface area contributed by atoms with Gasteiger partial charge in [-0.2, -0.15) is 17.7 Å². The van der Waals surface area contributed by atoms with Crippen LogP contribution in [0.1, 0.15) is 15.9 Å². The van der Waals surface area contributed by atoms with Gasteiger partial charge in [0, 0.05) is 30.8 Å². The zero-order chi connectivity index (χ0) is 23.6. The van der Waals surface area contributed by atoms with Crippen LogP contribution in [0.3, 0.4) is 0 Å². The smallest absolute Gasteiger partial charge is 0.345 e. The molecule has 0 spiro atoms. The quantitative estimate of drug-likeness (QED) is 0.462. The fourth-order valence-corrected chi connectivity index (χ4v) is 3.96. The van der Waals surface area contributed by atoms with Crippen LogP contribution in [0, 0.1) is 0 Å². The van der Waals surface area contributed by atoms with Crippen molar-refractivity contribution in [2.24, 2.45) is 0 Å². The molecular formula is C22H18F3N5O2S. The molecule has 0 bridgehead atoms. The average molecular weight is 473 g/mol. The van der Waals surface area contributed by atoms with Gasteiger partial charge in [-0.3, -0.25) is 9.59 Å². The van der Waals surface area contributed by atoms with E-state index < -0.39 is 18.6 Å². The van der Waals surface area contributed by atoms with Crippen molar-refractivity contribution in [1.29, 1.82) is 0 Å². The molecule has 1 amide bonds. The Morgan fingerprint density at radius 3 is 2.48 bits per heavy atom. The van der Waals surface area contributed by atoms with E-state index in [0.717, 1.165) is 11.1 Å². The minimum Gasteiger partial charge on any atom is -0.345 e. The number of benzene rings is 2. The van der Waals surface area contributed by atoms with Crippen LogP contribution in [0.4, 0.5) is 18.3 Å². The van der Waals surface area contributed by atoms with Crippen LogP contribution in [-0.2, 0) is 6.54 Å². The Morgan fingerprint density at radius 1 is 1.12 bits per heavy atom. The predicted molar refractivity (Wildman–Crippen MR) is 120 cm³/mol. The van der Waals surface area contributed by atoms with E-state index in [1.807, 2.05) is 40.5 Å². The lowest BCUT2D eigenvalue weighted by Gasteiger charge is -2.15. The number of alkyl halides is 3. The molecule has 0 atom stereocenters. The Bertz CT molecular complexity index is 1330. The third kappa shape index (κ3) is 5.37. The monoisotopic (exact) mass is 473 g/mol. The summed E-state index contributed by atoms with van der Waals surface area (Å²) in [6.07, 6.45) is -4.46. The largest absolute Gasteiger partial charge is 0.405 e. The second-order valence-electron chi connectivity index (χ2n) is 7.28. The molecule has 11 heteroatoms. The van der Waals surface area contributed by atoms with Crippen LogP contribution >= 0.6 is 11.3 Å². The molecule has 4 aromatic rings. The Kier molecular flexibility index (Phi) is 6.14. The molecule has 0 fully saturated rings. The first-order chi connectivity index (χ1) is 15.7. The van der Waals surface area contributed by atoms with Gasteiger partial charge < -0.3 is 10.2 Å². The van der Waals surface area contributed by atoms with E-state index in [0.29, 0.717) is 22.3 Å². The number of carbonyl (C=O) groups is 1. The fourth-order valence-electron chi connectivity index (χ4n) is 3.10.